The van der Waals surface area contributed by atoms with E-state index in [0.29, 0.717) is 30.9 Å². The van der Waals surface area contributed by atoms with Gasteiger partial charge in [-0.3, -0.25) is 14.8 Å². The summed E-state index contributed by atoms with van der Waals surface area (Å²) in [5.74, 6) is 6.35. The first-order valence-electron chi connectivity index (χ1n) is 11.8. The molecule has 8 nitrogen and oxygen atoms in total. The molecule has 0 aliphatic carbocycles. The van der Waals surface area contributed by atoms with E-state index in [1.807, 2.05) is 51.2 Å². The number of rotatable bonds is 7. The number of ether oxygens (including phenoxy) is 1. The lowest BCUT2D eigenvalue weighted by Gasteiger charge is -2.37. The van der Waals surface area contributed by atoms with E-state index in [0.717, 1.165) is 5.69 Å². The third-order valence-electron chi connectivity index (χ3n) is 5.94. The molecule has 1 aliphatic heterocycles. The van der Waals surface area contributed by atoms with Gasteiger partial charge in [0.25, 0.3) is 0 Å². The Bertz CT molecular complexity index is 1140. The van der Waals surface area contributed by atoms with E-state index >= 15 is 0 Å². The van der Waals surface area contributed by atoms with Crippen LogP contribution < -0.4 is 4.74 Å². The van der Waals surface area contributed by atoms with Gasteiger partial charge in [-0.15, -0.1) is 0 Å². The molecule has 0 spiro atoms. The van der Waals surface area contributed by atoms with Crippen molar-refractivity contribution in [3.05, 3.63) is 53.9 Å². The molecule has 2 aromatic rings. The van der Waals surface area contributed by atoms with Gasteiger partial charge in [-0.05, 0) is 58.4 Å². The van der Waals surface area contributed by atoms with Gasteiger partial charge >= 0.3 is 0 Å². The number of fused-ring (bicyclic) bond motifs is 1. The molecule has 0 saturated heterocycles. The van der Waals surface area contributed by atoms with Gasteiger partial charge in [-0.25, -0.2) is 8.42 Å². The summed E-state index contributed by atoms with van der Waals surface area (Å²) in [4.78, 5) is 8.59. The maximum Gasteiger partial charge on any atom is 0.247 e. The average Bonchev–Trinajstić information content (AvgIpc) is 2.81. The Morgan fingerprint density at radius 3 is 2.69 bits per heavy atom. The quantitative estimate of drug-likeness (QED) is 0.581. The lowest BCUT2D eigenvalue weighted by Crippen LogP contribution is -2.49. The Balaban J connectivity index is 1.97. The summed E-state index contributed by atoms with van der Waals surface area (Å²) in [7, 11) is 2.01. The summed E-state index contributed by atoms with van der Waals surface area (Å²) in [5.41, 5.74) is 1.64. The Hall–Kier alpha value is -2.48. The molecule has 3 rings (SSSR count). The molecular weight excluding hydrogens is 464 g/mol. The number of aromatic nitrogens is 1. The highest BCUT2D eigenvalue weighted by Gasteiger charge is 2.38. The van der Waals surface area contributed by atoms with Crippen molar-refractivity contribution in [1.82, 2.24) is 19.1 Å². The fraction of sp³-hybridized carbons (Fsp3) is 0.500. The zero-order chi connectivity index (χ0) is 25.6. The molecule has 1 aromatic heterocycles. The van der Waals surface area contributed by atoms with Crippen molar-refractivity contribution in [1.29, 1.82) is 0 Å². The Kier molecular flexibility index (Phi) is 9.27. The molecule has 1 aliphatic rings. The van der Waals surface area contributed by atoms with Gasteiger partial charge in [0.1, 0.15) is 16.7 Å². The third kappa shape index (κ3) is 7.03. The van der Waals surface area contributed by atoms with Crippen LogP contribution >= 0.6 is 0 Å². The first-order valence-corrected chi connectivity index (χ1v) is 13.2. The molecule has 0 bridgehead atoms. The number of benzene rings is 1. The molecule has 1 aromatic carbocycles. The minimum absolute atomic E-state index is 0.0974. The molecule has 0 saturated carbocycles. The number of sulfonamides is 1. The van der Waals surface area contributed by atoms with Crippen LogP contribution in [-0.2, 0) is 16.6 Å². The van der Waals surface area contributed by atoms with Crippen molar-refractivity contribution >= 4 is 10.0 Å². The van der Waals surface area contributed by atoms with Crippen molar-refractivity contribution in [3.8, 4) is 17.6 Å². The minimum atomic E-state index is -3.87. The van der Waals surface area contributed by atoms with Gasteiger partial charge in [0.2, 0.25) is 10.0 Å². The molecule has 0 amide bonds. The number of pyridine rings is 1. The second kappa shape index (κ2) is 12.0. The highest BCUT2D eigenvalue weighted by molar-refractivity contribution is 7.89. The van der Waals surface area contributed by atoms with E-state index in [1.54, 1.807) is 31.3 Å². The third-order valence-corrected chi connectivity index (χ3v) is 7.96. The zero-order valence-corrected chi connectivity index (χ0v) is 22.0. The predicted octanol–water partition coefficient (Wildman–Crippen LogP) is 1.90. The maximum absolute atomic E-state index is 13.6. The molecular formula is C26H36N4O4S. The van der Waals surface area contributed by atoms with Gasteiger partial charge in [-0.1, -0.05) is 24.8 Å². The van der Waals surface area contributed by atoms with Gasteiger partial charge in [-0.2, -0.15) is 4.31 Å². The predicted molar refractivity (Wildman–Crippen MR) is 136 cm³/mol. The summed E-state index contributed by atoms with van der Waals surface area (Å²) < 4.78 is 35.0. The van der Waals surface area contributed by atoms with Crippen LogP contribution in [0.3, 0.4) is 0 Å². The second-order valence-electron chi connectivity index (χ2n) is 9.46. The number of aliphatic hydroxyl groups excluding tert-OH is 1. The van der Waals surface area contributed by atoms with Crippen LogP contribution in [0.5, 0.6) is 5.75 Å². The van der Waals surface area contributed by atoms with Crippen LogP contribution in [0.1, 0.15) is 25.1 Å². The van der Waals surface area contributed by atoms with E-state index in [4.69, 9.17) is 4.74 Å². The number of nitrogens with zero attached hydrogens (tertiary/aromatic N) is 4. The minimum Gasteiger partial charge on any atom is -0.487 e. The van der Waals surface area contributed by atoms with Crippen molar-refractivity contribution in [2.24, 2.45) is 5.92 Å². The van der Waals surface area contributed by atoms with Gasteiger partial charge in [0.05, 0.1) is 18.8 Å². The van der Waals surface area contributed by atoms with Gasteiger partial charge < -0.3 is 9.84 Å². The van der Waals surface area contributed by atoms with Crippen LogP contribution in [0.2, 0.25) is 0 Å². The standard InChI is InChI=1S/C26H36N4O4S/c1-20-16-30(21(2)19-31)35(32,33)26-12-11-22(9-8-14-28(3)4)15-24(26)34-25(20)18-29(5)17-23-10-6-7-13-27-23/h6-7,10-13,15,20-21,25,31H,14,16-19H2,1-5H3/t20-,21+,25+/m0/s1. The molecule has 0 fully saturated rings. The smallest absolute Gasteiger partial charge is 0.247 e. The SMILES string of the molecule is C[C@H](CO)N1C[C@H](C)[C@@H](CN(C)Cc2ccccn2)Oc2cc(C#CCN(C)C)ccc2S1(=O)=O. The lowest BCUT2D eigenvalue weighted by molar-refractivity contribution is 0.0730. The molecule has 1 N–H and O–H groups in total. The van der Waals surface area contributed by atoms with Crippen molar-refractivity contribution < 1.29 is 18.3 Å². The molecule has 3 atom stereocenters. The normalized spacial score (nSPS) is 20.8. The monoisotopic (exact) mass is 500 g/mol. The van der Waals surface area contributed by atoms with E-state index < -0.39 is 16.1 Å². The Morgan fingerprint density at radius 1 is 1.26 bits per heavy atom. The van der Waals surface area contributed by atoms with Gasteiger partial charge in [0.15, 0.2) is 0 Å². The van der Waals surface area contributed by atoms with Crippen LogP contribution in [0.25, 0.3) is 0 Å². The van der Waals surface area contributed by atoms with E-state index in [1.165, 1.54) is 4.31 Å². The molecule has 35 heavy (non-hydrogen) atoms. The summed E-state index contributed by atoms with van der Waals surface area (Å²) in [5, 5.41) is 9.80. The van der Waals surface area contributed by atoms with Crippen LogP contribution in [0.15, 0.2) is 47.5 Å². The Morgan fingerprint density at radius 2 is 2.03 bits per heavy atom. The summed E-state index contributed by atoms with van der Waals surface area (Å²) in [6.07, 6.45) is 1.49. The second-order valence-corrected chi connectivity index (χ2v) is 11.3. The van der Waals surface area contributed by atoms with Crippen molar-refractivity contribution in [2.45, 2.75) is 37.4 Å². The van der Waals surface area contributed by atoms with Crippen LogP contribution in [0, 0.1) is 17.8 Å². The van der Waals surface area contributed by atoms with Crippen molar-refractivity contribution in [2.75, 3.05) is 47.4 Å². The van der Waals surface area contributed by atoms with E-state index in [2.05, 4.69) is 21.7 Å². The summed E-state index contributed by atoms with van der Waals surface area (Å²) in [6, 6.07) is 10.2. The topological polar surface area (TPSA) is 86.2 Å². The zero-order valence-electron chi connectivity index (χ0n) is 21.2. The van der Waals surface area contributed by atoms with Gasteiger partial charge in [0, 0.05) is 43.4 Å². The number of likely N-dealkylation sites (N-methyl/N-ethyl adjacent to an activating group) is 1. The van der Waals surface area contributed by atoms with E-state index in [-0.39, 0.29) is 30.1 Å². The lowest BCUT2D eigenvalue weighted by atomic mass is 10.0. The first-order chi connectivity index (χ1) is 16.6. The summed E-state index contributed by atoms with van der Waals surface area (Å²) in [6.45, 7) is 5.50. The molecule has 190 valence electrons. The van der Waals surface area contributed by atoms with Crippen LogP contribution in [-0.4, -0.2) is 92.1 Å². The van der Waals surface area contributed by atoms with E-state index in [9.17, 15) is 13.5 Å². The maximum atomic E-state index is 13.6. The highest BCUT2D eigenvalue weighted by atomic mass is 32.2. The molecule has 0 radical (unpaired) electrons. The fourth-order valence-corrected chi connectivity index (χ4v) is 5.79. The Labute approximate surface area is 209 Å². The number of hydrogen-bond donors (Lipinski definition) is 1. The largest absolute Gasteiger partial charge is 0.487 e. The molecule has 0 unspecified atom stereocenters. The molecule has 2 heterocycles. The fourth-order valence-electron chi connectivity index (χ4n) is 3.96. The first kappa shape index (κ1) is 27.1. The summed E-state index contributed by atoms with van der Waals surface area (Å²) >= 11 is 0. The van der Waals surface area contributed by atoms with Crippen LogP contribution in [0.4, 0.5) is 0 Å². The number of aliphatic hydroxyl groups is 1. The average molecular weight is 501 g/mol. The number of hydrogen-bond acceptors (Lipinski definition) is 7. The van der Waals surface area contributed by atoms with Crippen molar-refractivity contribution in [3.63, 3.8) is 0 Å². The highest BCUT2D eigenvalue weighted by Crippen LogP contribution is 2.34. The molecule has 9 heteroatoms.